The number of benzene rings is 1. The molecular weight excluding hydrogens is 627 g/mol. The van der Waals surface area contributed by atoms with Gasteiger partial charge in [-0.1, -0.05) is 0 Å². The van der Waals surface area contributed by atoms with Crippen molar-refractivity contribution in [3.05, 3.63) is 35.4 Å². The fourth-order valence-corrected chi connectivity index (χ4v) is 6.16. The van der Waals surface area contributed by atoms with Crippen LogP contribution in [0.5, 0.6) is 0 Å². The first kappa shape index (κ1) is 33.5. The van der Waals surface area contributed by atoms with Crippen molar-refractivity contribution in [3.63, 3.8) is 0 Å². The number of morpholine rings is 1. The SMILES string of the molecule is C[C@@H]1CN(c2ccc(N3C(=O)C(C)(C)c4c(NCC(F)(F)F)nc(COC(=N)N5CCC[C@@H]5C(F)(F)F)nc43)cc2F)C[C@H](C)O1. The molecule has 3 atom stereocenters. The van der Waals surface area contributed by atoms with Gasteiger partial charge in [-0.3, -0.25) is 15.1 Å². The summed E-state index contributed by atoms with van der Waals surface area (Å²) in [5, 5.41) is 10.3. The van der Waals surface area contributed by atoms with Crippen molar-refractivity contribution in [1.29, 1.82) is 5.41 Å². The second kappa shape index (κ2) is 12.0. The van der Waals surface area contributed by atoms with Gasteiger partial charge >= 0.3 is 12.4 Å². The van der Waals surface area contributed by atoms with E-state index in [0.29, 0.717) is 13.1 Å². The summed E-state index contributed by atoms with van der Waals surface area (Å²) >= 11 is 0. The molecule has 10 nitrogen and oxygen atoms in total. The molecule has 4 heterocycles. The predicted molar refractivity (Wildman–Crippen MR) is 154 cm³/mol. The Morgan fingerprint density at radius 3 is 2.41 bits per heavy atom. The summed E-state index contributed by atoms with van der Waals surface area (Å²) in [4.78, 5) is 25.9. The lowest BCUT2D eigenvalue weighted by Gasteiger charge is -2.37. The number of ether oxygens (including phenoxy) is 2. The number of likely N-dealkylation sites (tertiary alicyclic amines) is 1. The van der Waals surface area contributed by atoms with E-state index in [4.69, 9.17) is 14.9 Å². The Morgan fingerprint density at radius 1 is 1.13 bits per heavy atom. The number of alkyl halides is 6. The van der Waals surface area contributed by atoms with E-state index in [1.54, 1.807) is 0 Å². The lowest BCUT2D eigenvalue weighted by atomic mass is 9.87. The first-order chi connectivity index (χ1) is 21.4. The largest absolute Gasteiger partial charge is 0.457 e. The zero-order valence-electron chi connectivity index (χ0n) is 25.5. The topological polar surface area (TPSA) is 107 Å². The number of carbonyl (C=O) groups excluding carboxylic acids is 1. The van der Waals surface area contributed by atoms with Crippen molar-refractivity contribution in [2.24, 2.45) is 0 Å². The third-order valence-corrected chi connectivity index (χ3v) is 8.15. The Hall–Kier alpha value is -3.89. The normalized spacial score (nSPS) is 23.2. The number of amides is 1. The molecule has 252 valence electrons. The van der Waals surface area contributed by atoms with Gasteiger partial charge in [-0.15, -0.1) is 0 Å². The van der Waals surface area contributed by atoms with Crippen molar-refractivity contribution in [2.75, 3.05) is 41.3 Å². The predicted octanol–water partition coefficient (Wildman–Crippen LogP) is 5.64. The number of carbonyl (C=O) groups is 1. The summed E-state index contributed by atoms with van der Waals surface area (Å²) in [6, 6.07) is 1.40. The van der Waals surface area contributed by atoms with E-state index in [-0.39, 0.29) is 66.0 Å². The molecule has 2 saturated heterocycles. The molecule has 1 amide bonds. The fourth-order valence-electron chi connectivity index (χ4n) is 6.16. The number of anilines is 4. The first-order valence-electron chi connectivity index (χ1n) is 14.7. The third-order valence-electron chi connectivity index (χ3n) is 8.15. The molecule has 2 aromatic rings. The number of nitrogens with zero attached hydrogens (tertiary/aromatic N) is 5. The standard InChI is InChI=1S/C29H34F7N7O3/c1-15-11-41(12-16(2)46-15)19-8-7-17(10-18(19)30)43-24-22(27(3,4)25(43)44)23(38-14-28(31,32)33)39-21(40-24)13-45-26(37)42-9-5-6-20(42)29(34,35)36/h7-8,10,15-16,20,37H,5-6,9,11-14H2,1-4H3,(H,38,39,40)/t15-,16+,20-/m1/s1. The highest BCUT2D eigenvalue weighted by atomic mass is 19.4. The number of rotatable bonds is 6. The van der Waals surface area contributed by atoms with E-state index >= 15 is 4.39 Å². The molecule has 3 aliphatic rings. The van der Waals surface area contributed by atoms with Crippen LogP contribution in [-0.4, -0.2) is 83.6 Å². The number of hydrogen-bond donors (Lipinski definition) is 2. The number of fused-ring (bicyclic) bond motifs is 1. The Balaban J connectivity index is 1.50. The van der Waals surface area contributed by atoms with E-state index in [2.05, 4.69) is 15.3 Å². The highest BCUT2D eigenvalue weighted by Gasteiger charge is 2.50. The van der Waals surface area contributed by atoms with Gasteiger partial charge in [-0.2, -0.15) is 26.3 Å². The van der Waals surface area contributed by atoms with Crippen molar-refractivity contribution in [1.82, 2.24) is 14.9 Å². The molecule has 1 aromatic heterocycles. The van der Waals surface area contributed by atoms with Gasteiger partial charge in [-0.05, 0) is 52.7 Å². The number of nitrogens with one attached hydrogen (secondary N) is 2. The lowest BCUT2D eigenvalue weighted by Crippen LogP contribution is -2.45. The van der Waals surface area contributed by atoms with Gasteiger partial charge in [0.05, 0.1) is 34.6 Å². The summed E-state index contributed by atoms with van der Waals surface area (Å²) in [6.45, 7) is 5.25. The van der Waals surface area contributed by atoms with Crippen LogP contribution in [0.2, 0.25) is 0 Å². The molecule has 17 heteroatoms. The maximum absolute atomic E-state index is 15.6. The molecule has 0 bridgehead atoms. The zero-order valence-corrected chi connectivity index (χ0v) is 25.5. The van der Waals surface area contributed by atoms with Crippen LogP contribution in [0.25, 0.3) is 0 Å². The molecule has 0 unspecified atom stereocenters. The van der Waals surface area contributed by atoms with E-state index in [1.165, 1.54) is 26.0 Å². The van der Waals surface area contributed by atoms with Crippen LogP contribution in [0.4, 0.5) is 53.7 Å². The van der Waals surface area contributed by atoms with Gasteiger partial charge in [0.25, 0.3) is 6.02 Å². The maximum Gasteiger partial charge on any atom is 0.408 e. The molecule has 0 aliphatic carbocycles. The fraction of sp³-hybridized carbons (Fsp3) is 0.586. The average Bonchev–Trinajstić information content (AvgIpc) is 3.51. The van der Waals surface area contributed by atoms with E-state index in [0.717, 1.165) is 15.9 Å². The Kier molecular flexibility index (Phi) is 8.76. The van der Waals surface area contributed by atoms with Gasteiger partial charge in [0.15, 0.2) is 12.4 Å². The molecule has 2 N–H and O–H groups in total. The van der Waals surface area contributed by atoms with Gasteiger partial charge in [0, 0.05) is 25.7 Å². The summed E-state index contributed by atoms with van der Waals surface area (Å²) < 4.78 is 107. The Labute approximate surface area is 260 Å². The maximum atomic E-state index is 15.6. The lowest BCUT2D eigenvalue weighted by molar-refractivity contribution is -0.169. The zero-order chi connectivity index (χ0) is 33.8. The van der Waals surface area contributed by atoms with Crippen LogP contribution in [-0.2, 0) is 26.3 Å². The van der Waals surface area contributed by atoms with Crippen molar-refractivity contribution in [2.45, 2.75) is 83.2 Å². The molecular formula is C29H34F7N7O3. The van der Waals surface area contributed by atoms with Gasteiger partial charge in [-0.25, -0.2) is 14.4 Å². The molecule has 46 heavy (non-hydrogen) atoms. The number of aromatic nitrogens is 2. The highest BCUT2D eigenvalue weighted by molar-refractivity contribution is 6.12. The second-order valence-corrected chi connectivity index (χ2v) is 12.2. The van der Waals surface area contributed by atoms with E-state index in [9.17, 15) is 31.1 Å². The van der Waals surface area contributed by atoms with Crippen LogP contribution in [0.15, 0.2) is 18.2 Å². The van der Waals surface area contributed by atoms with Crippen molar-refractivity contribution in [3.8, 4) is 0 Å². The summed E-state index contributed by atoms with van der Waals surface area (Å²) in [6.07, 6.45) is -9.61. The number of amidine groups is 1. The monoisotopic (exact) mass is 661 g/mol. The molecule has 0 saturated carbocycles. The summed E-state index contributed by atoms with van der Waals surface area (Å²) in [5.41, 5.74) is -1.12. The third kappa shape index (κ3) is 6.64. The summed E-state index contributed by atoms with van der Waals surface area (Å²) in [7, 11) is 0. The van der Waals surface area contributed by atoms with E-state index < -0.39 is 54.7 Å². The van der Waals surface area contributed by atoms with E-state index in [1.807, 2.05) is 18.7 Å². The summed E-state index contributed by atoms with van der Waals surface area (Å²) in [5.74, 6) is -2.07. The first-order valence-corrected chi connectivity index (χ1v) is 14.7. The molecule has 0 spiro atoms. The van der Waals surface area contributed by atoms with Crippen LogP contribution in [0.3, 0.4) is 0 Å². The van der Waals surface area contributed by atoms with Crippen LogP contribution in [0.1, 0.15) is 51.9 Å². The molecule has 1 aromatic carbocycles. The molecule has 2 fully saturated rings. The van der Waals surface area contributed by atoms with Crippen molar-refractivity contribution < 1.29 is 45.0 Å². The number of halogens is 7. The highest BCUT2D eigenvalue weighted by Crippen LogP contribution is 2.48. The minimum atomic E-state index is -4.67. The quantitative estimate of drug-likeness (QED) is 0.233. The van der Waals surface area contributed by atoms with Crippen LogP contribution >= 0.6 is 0 Å². The average molecular weight is 662 g/mol. The number of hydrogen-bond acceptors (Lipinski definition) is 8. The van der Waals surface area contributed by atoms with Gasteiger partial charge in [0.2, 0.25) is 5.91 Å². The molecule has 0 radical (unpaired) electrons. The van der Waals surface area contributed by atoms with Crippen LogP contribution < -0.4 is 15.1 Å². The minimum Gasteiger partial charge on any atom is -0.457 e. The molecule has 3 aliphatic heterocycles. The Bertz CT molecular complexity index is 1490. The second-order valence-electron chi connectivity index (χ2n) is 12.2. The smallest absolute Gasteiger partial charge is 0.408 e. The minimum absolute atomic E-state index is 0.0116. The van der Waals surface area contributed by atoms with Gasteiger partial charge in [0.1, 0.15) is 30.0 Å². The van der Waals surface area contributed by atoms with Gasteiger partial charge < -0.3 is 24.6 Å². The molecule has 5 rings (SSSR count). The van der Waals surface area contributed by atoms with Crippen LogP contribution in [0, 0.1) is 11.2 Å². The van der Waals surface area contributed by atoms with Crippen molar-refractivity contribution >= 4 is 34.9 Å². The Morgan fingerprint density at radius 2 is 1.80 bits per heavy atom.